The number of nitrogens with one attached hydrogen (secondary N) is 1. The van der Waals surface area contributed by atoms with Gasteiger partial charge in [-0.15, -0.1) is 11.3 Å². The minimum Gasteiger partial charge on any atom is -0.341 e. The van der Waals surface area contributed by atoms with Crippen LogP contribution >= 0.6 is 11.3 Å². The van der Waals surface area contributed by atoms with Crippen LogP contribution in [-0.4, -0.2) is 39.1 Å². The van der Waals surface area contributed by atoms with Crippen LogP contribution in [0.4, 0.5) is 0 Å². The number of hydrogen-bond acceptors (Lipinski definition) is 4. The summed E-state index contributed by atoms with van der Waals surface area (Å²) in [5.41, 5.74) is 1.98. The number of aryl methyl sites for hydroxylation is 1. The Morgan fingerprint density at radius 3 is 3.10 bits per heavy atom. The molecular formula is C15H20N4OS. The van der Waals surface area contributed by atoms with E-state index >= 15 is 0 Å². The summed E-state index contributed by atoms with van der Waals surface area (Å²) in [4.78, 5) is 18.9. The monoisotopic (exact) mass is 304 g/mol. The highest BCUT2D eigenvalue weighted by atomic mass is 32.1. The molecule has 0 aliphatic carbocycles. The fourth-order valence-corrected chi connectivity index (χ4v) is 3.63. The van der Waals surface area contributed by atoms with Crippen molar-refractivity contribution in [2.24, 2.45) is 0 Å². The Morgan fingerprint density at radius 2 is 2.43 bits per heavy atom. The maximum atomic E-state index is 12.5. The van der Waals surface area contributed by atoms with E-state index in [-0.39, 0.29) is 11.3 Å². The van der Waals surface area contributed by atoms with Gasteiger partial charge in [-0.3, -0.25) is 9.89 Å². The van der Waals surface area contributed by atoms with E-state index in [1.54, 1.807) is 17.5 Å². The molecule has 5 nitrogen and oxygen atoms in total. The molecule has 1 aliphatic rings. The average molecular weight is 304 g/mol. The summed E-state index contributed by atoms with van der Waals surface area (Å²) in [6, 6.07) is 2.01. The van der Waals surface area contributed by atoms with Gasteiger partial charge >= 0.3 is 0 Å². The zero-order valence-corrected chi connectivity index (χ0v) is 13.2. The van der Waals surface area contributed by atoms with E-state index in [2.05, 4.69) is 22.1 Å². The molecule has 1 saturated heterocycles. The second-order valence-electron chi connectivity index (χ2n) is 5.98. The number of H-pyrrole nitrogens is 1. The minimum atomic E-state index is -0.0254. The van der Waals surface area contributed by atoms with Crippen molar-refractivity contribution < 1.29 is 4.79 Å². The van der Waals surface area contributed by atoms with Crippen LogP contribution in [0, 0.1) is 6.92 Å². The van der Waals surface area contributed by atoms with Crippen LogP contribution in [0.2, 0.25) is 0 Å². The fraction of sp³-hybridized carbons (Fsp3) is 0.533. The Hall–Kier alpha value is -1.69. The molecule has 0 unspecified atom stereocenters. The highest BCUT2D eigenvalue weighted by molar-refractivity contribution is 7.09. The van der Waals surface area contributed by atoms with Gasteiger partial charge in [0.15, 0.2) is 0 Å². The molecule has 21 heavy (non-hydrogen) atoms. The third-order valence-electron chi connectivity index (χ3n) is 4.20. The Labute approximate surface area is 128 Å². The van der Waals surface area contributed by atoms with Crippen LogP contribution in [0.1, 0.15) is 36.2 Å². The van der Waals surface area contributed by atoms with Crippen LogP contribution in [-0.2, 0) is 16.6 Å². The van der Waals surface area contributed by atoms with E-state index in [4.69, 9.17) is 0 Å². The normalized spacial score (nSPS) is 22.5. The molecule has 3 rings (SSSR count). The van der Waals surface area contributed by atoms with Gasteiger partial charge in [-0.25, -0.2) is 4.98 Å². The molecule has 0 bridgehead atoms. The average Bonchev–Trinajstić information content (AvgIpc) is 3.11. The number of amides is 1. The first-order chi connectivity index (χ1) is 10.1. The lowest BCUT2D eigenvalue weighted by Crippen LogP contribution is -2.47. The highest BCUT2D eigenvalue weighted by Crippen LogP contribution is 2.32. The summed E-state index contributed by atoms with van der Waals surface area (Å²) in [7, 11) is 0. The number of rotatable bonds is 3. The molecule has 3 heterocycles. The molecule has 0 saturated carbocycles. The van der Waals surface area contributed by atoms with Gasteiger partial charge < -0.3 is 4.90 Å². The van der Waals surface area contributed by atoms with E-state index in [1.165, 1.54) is 0 Å². The number of aromatic nitrogens is 3. The lowest BCUT2D eigenvalue weighted by Gasteiger charge is -2.39. The first-order valence-electron chi connectivity index (χ1n) is 7.25. The Morgan fingerprint density at radius 1 is 1.57 bits per heavy atom. The molecule has 1 aliphatic heterocycles. The molecule has 0 radical (unpaired) electrons. The maximum Gasteiger partial charge on any atom is 0.228 e. The Kier molecular flexibility index (Phi) is 3.80. The van der Waals surface area contributed by atoms with Gasteiger partial charge in [0.2, 0.25) is 5.91 Å². The van der Waals surface area contributed by atoms with E-state index in [0.717, 1.165) is 42.3 Å². The van der Waals surface area contributed by atoms with Crippen molar-refractivity contribution in [1.29, 1.82) is 0 Å². The summed E-state index contributed by atoms with van der Waals surface area (Å²) in [5, 5.41) is 10.1. The zero-order valence-electron chi connectivity index (χ0n) is 12.4. The number of carbonyl (C=O) groups is 1. The zero-order chi connectivity index (χ0) is 14.9. The summed E-state index contributed by atoms with van der Waals surface area (Å²) >= 11 is 1.60. The standard InChI is InChI=1S/C15H20N4OS/c1-11-17-12(9-21-11)8-14(20)19-7-3-5-15(2,10-19)13-4-6-16-18-13/h4,6,9H,3,5,7-8,10H2,1-2H3,(H,16,18)/t15-/m1/s1. The molecule has 1 N–H and O–H groups in total. The number of nitrogens with zero attached hydrogens (tertiary/aromatic N) is 3. The molecule has 0 spiro atoms. The molecule has 2 aromatic heterocycles. The van der Waals surface area contributed by atoms with Gasteiger partial charge in [-0.1, -0.05) is 6.92 Å². The van der Waals surface area contributed by atoms with Crippen LogP contribution in [0.5, 0.6) is 0 Å². The van der Waals surface area contributed by atoms with Crippen LogP contribution in [0.25, 0.3) is 0 Å². The van der Waals surface area contributed by atoms with E-state index in [9.17, 15) is 4.79 Å². The number of piperidine rings is 1. The van der Waals surface area contributed by atoms with Gasteiger partial charge in [0, 0.05) is 35.8 Å². The predicted octanol–water partition coefficient (Wildman–Crippen LogP) is 2.30. The molecule has 112 valence electrons. The second kappa shape index (κ2) is 5.60. The molecule has 1 fully saturated rings. The number of likely N-dealkylation sites (tertiary alicyclic amines) is 1. The first kappa shape index (κ1) is 14.3. The maximum absolute atomic E-state index is 12.5. The predicted molar refractivity (Wildman–Crippen MR) is 82.3 cm³/mol. The van der Waals surface area contributed by atoms with Crippen LogP contribution in [0.3, 0.4) is 0 Å². The van der Waals surface area contributed by atoms with E-state index < -0.39 is 0 Å². The molecule has 6 heteroatoms. The van der Waals surface area contributed by atoms with Gasteiger partial charge in [0.1, 0.15) is 0 Å². The van der Waals surface area contributed by atoms with E-state index in [1.807, 2.05) is 23.3 Å². The van der Waals surface area contributed by atoms with Gasteiger partial charge in [-0.2, -0.15) is 5.10 Å². The Bertz CT molecular complexity index is 621. The summed E-state index contributed by atoms with van der Waals surface area (Å²) in [6.45, 7) is 5.75. The largest absolute Gasteiger partial charge is 0.341 e. The second-order valence-corrected chi connectivity index (χ2v) is 7.05. The molecular weight excluding hydrogens is 284 g/mol. The SMILES string of the molecule is Cc1nc(CC(=O)N2CCC[C@@](C)(c3ccn[nH]3)C2)cs1. The minimum absolute atomic E-state index is 0.0254. The van der Waals surface area contributed by atoms with E-state index in [0.29, 0.717) is 6.42 Å². The number of aromatic amines is 1. The van der Waals surface area contributed by atoms with Crippen molar-refractivity contribution in [3.8, 4) is 0 Å². The number of hydrogen-bond donors (Lipinski definition) is 1. The summed E-state index contributed by atoms with van der Waals surface area (Å²) < 4.78 is 0. The molecule has 1 atom stereocenters. The Balaban J connectivity index is 1.69. The quantitative estimate of drug-likeness (QED) is 0.946. The molecule has 0 aromatic carbocycles. The molecule has 2 aromatic rings. The lowest BCUT2D eigenvalue weighted by atomic mass is 9.79. The third kappa shape index (κ3) is 3.00. The number of carbonyl (C=O) groups excluding carboxylic acids is 1. The van der Waals surface area contributed by atoms with Gasteiger partial charge in [-0.05, 0) is 25.8 Å². The van der Waals surface area contributed by atoms with Crippen molar-refractivity contribution in [2.75, 3.05) is 13.1 Å². The topological polar surface area (TPSA) is 61.9 Å². The van der Waals surface area contributed by atoms with Crippen molar-refractivity contribution in [3.63, 3.8) is 0 Å². The van der Waals surface area contributed by atoms with Gasteiger partial charge in [0.25, 0.3) is 0 Å². The highest BCUT2D eigenvalue weighted by Gasteiger charge is 2.35. The van der Waals surface area contributed by atoms with Crippen molar-refractivity contribution in [1.82, 2.24) is 20.1 Å². The van der Waals surface area contributed by atoms with Crippen molar-refractivity contribution in [3.05, 3.63) is 34.0 Å². The van der Waals surface area contributed by atoms with Crippen LogP contribution < -0.4 is 0 Å². The fourth-order valence-electron chi connectivity index (χ4n) is 3.02. The smallest absolute Gasteiger partial charge is 0.228 e. The van der Waals surface area contributed by atoms with Crippen molar-refractivity contribution in [2.45, 2.75) is 38.5 Å². The molecule has 1 amide bonds. The van der Waals surface area contributed by atoms with Gasteiger partial charge in [0.05, 0.1) is 17.1 Å². The third-order valence-corrected chi connectivity index (χ3v) is 5.02. The summed E-state index contributed by atoms with van der Waals surface area (Å²) in [5.74, 6) is 0.172. The number of thiazole rings is 1. The van der Waals surface area contributed by atoms with Crippen molar-refractivity contribution >= 4 is 17.2 Å². The van der Waals surface area contributed by atoms with Crippen LogP contribution in [0.15, 0.2) is 17.6 Å². The first-order valence-corrected chi connectivity index (χ1v) is 8.13. The lowest BCUT2D eigenvalue weighted by molar-refractivity contribution is -0.132. The summed E-state index contributed by atoms with van der Waals surface area (Å²) in [6.07, 6.45) is 4.29.